The standard InChI is InChI=1S/C15H21N3O4S/c1-13-3-5-14(6-4-13)23(20,21)18-8-2-7-17(15(18)19)16-9-11-22-12-10-16/h3-6H,2,7-12H2,1H3. The van der Waals surface area contributed by atoms with Crippen LogP contribution in [0.5, 0.6) is 0 Å². The van der Waals surface area contributed by atoms with Crippen molar-refractivity contribution in [3.05, 3.63) is 29.8 Å². The van der Waals surface area contributed by atoms with Gasteiger partial charge in [0.15, 0.2) is 0 Å². The molecule has 0 radical (unpaired) electrons. The minimum Gasteiger partial charge on any atom is -0.379 e. The smallest absolute Gasteiger partial charge is 0.348 e. The lowest BCUT2D eigenvalue weighted by Gasteiger charge is -2.42. The maximum atomic E-state index is 12.8. The molecule has 0 N–H and O–H groups in total. The third-order valence-electron chi connectivity index (χ3n) is 4.10. The zero-order chi connectivity index (χ0) is 16.4. The third-order valence-corrected chi connectivity index (χ3v) is 5.89. The summed E-state index contributed by atoms with van der Waals surface area (Å²) in [6.07, 6.45) is 0.619. The van der Waals surface area contributed by atoms with Crippen LogP contribution in [-0.4, -0.2) is 68.2 Å². The van der Waals surface area contributed by atoms with Gasteiger partial charge in [-0.25, -0.2) is 22.5 Å². The summed E-state index contributed by atoms with van der Waals surface area (Å²) >= 11 is 0. The molecule has 2 fully saturated rings. The minimum atomic E-state index is -3.82. The highest BCUT2D eigenvalue weighted by Gasteiger charge is 2.38. The van der Waals surface area contributed by atoms with Crippen LogP contribution >= 0.6 is 0 Å². The van der Waals surface area contributed by atoms with E-state index in [4.69, 9.17) is 4.74 Å². The fourth-order valence-electron chi connectivity index (χ4n) is 2.80. The number of benzene rings is 1. The van der Waals surface area contributed by atoms with E-state index in [1.165, 1.54) is 5.01 Å². The van der Waals surface area contributed by atoms with Crippen LogP contribution in [0, 0.1) is 6.92 Å². The molecular formula is C15H21N3O4S. The predicted octanol–water partition coefficient (Wildman–Crippen LogP) is 1.06. The highest BCUT2D eigenvalue weighted by atomic mass is 32.2. The van der Waals surface area contributed by atoms with E-state index in [0.717, 1.165) is 9.87 Å². The van der Waals surface area contributed by atoms with Gasteiger partial charge in [-0.15, -0.1) is 0 Å². The molecule has 126 valence electrons. The van der Waals surface area contributed by atoms with Gasteiger partial charge in [-0.3, -0.25) is 5.01 Å². The van der Waals surface area contributed by atoms with Crippen LogP contribution in [0.4, 0.5) is 4.79 Å². The maximum absolute atomic E-state index is 12.8. The predicted molar refractivity (Wildman–Crippen MR) is 84.2 cm³/mol. The lowest BCUT2D eigenvalue weighted by Crippen LogP contribution is -2.59. The molecule has 0 unspecified atom stereocenters. The van der Waals surface area contributed by atoms with Gasteiger partial charge in [0.05, 0.1) is 18.1 Å². The summed E-state index contributed by atoms with van der Waals surface area (Å²) in [5.41, 5.74) is 0.976. The summed E-state index contributed by atoms with van der Waals surface area (Å²) in [5, 5.41) is 3.42. The van der Waals surface area contributed by atoms with Gasteiger partial charge in [-0.2, -0.15) is 0 Å². The fourth-order valence-corrected chi connectivity index (χ4v) is 4.21. The Kier molecular flexibility index (Phi) is 4.56. The van der Waals surface area contributed by atoms with Crippen molar-refractivity contribution in [3.63, 3.8) is 0 Å². The summed E-state index contributed by atoms with van der Waals surface area (Å²) < 4.78 is 31.8. The number of nitrogens with zero attached hydrogens (tertiary/aromatic N) is 3. The number of sulfonamides is 1. The Morgan fingerprint density at radius 1 is 1.00 bits per heavy atom. The van der Waals surface area contributed by atoms with Crippen molar-refractivity contribution < 1.29 is 17.9 Å². The molecule has 0 saturated carbocycles. The number of rotatable bonds is 3. The molecule has 3 rings (SSSR count). The van der Waals surface area contributed by atoms with E-state index < -0.39 is 16.1 Å². The zero-order valence-electron chi connectivity index (χ0n) is 13.1. The Morgan fingerprint density at radius 3 is 2.30 bits per heavy atom. The summed E-state index contributed by atoms with van der Waals surface area (Å²) in [6.45, 7) is 4.95. The number of hydrazine groups is 1. The lowest BCUT2D eigenvalue weighted by atomic mass is 10.2. The van der Waals surface area contributed by atoms with Gasteiger partial charge in [0, 0.05) is 26.2 Å². The fraction of sp³-hybridized carbons (Fsp3) is 0.533. The molecule has 2 amide bonds. The molecule has 2 saturated heterocycles. The van der Waals surface area contributed by atoms with Crippen LogP contribution in [0.3, 0.4) is 0 Å². The number of ether oxygens (including phenoxy) is 1. The van der Waals surface area contributed by atoms with Crippen LogP contribution in [0.1, 0.15) is 12.0 Å². The molecule has 1 aromatic rings. The Labute approximate surface area is 136 Å². The SMILES string of the molecule is Cc1ccc(S(=O)(=O)N2CCCN(N3CCOCC3)C2=O)cc1. The topological polar surface area (TPSA) is 70.2 Å². The van der Waals surface area contributed by atoms with Gasteiger partial charge >= 0.3 is 6.03 Å². The largest absolute Gasteiger partial charge is 0.379 e. The first-order valence-corrected chi connectivity index (χ1v) is 9.18. The Morgan fingerprint density at radius 2 is 1.65 bits per heavy atom. The van der Waals surface area contributed by atoms with Crippen LogP contribution in [-0.2, 0) is 14.8 Å². The van der Waals surface area contributed by atoms with Crippen LogP contribution in [0.2, 0.25) is 0 Å². The minimum absolute atomic E-state index is 0.153. The molecule has 0 atom stereocenters. The number of hydrogen-bond acceptors (Lipinski definition) is 5. The first-order valence-electron chi connectivity index (χ1n) is 7.73. The van der Waals surface area contributed by atoms with Crippen LogP contribution < -0.4 is 0 Å². The van der Waals surface area contributed by atoms with Gasteiger partial charge in [-0.1, -0.05) is 17.7 Å². The highest BCUT2D eigenvalue weighted by Crippen LogP contribution is 2.22. The van der Waals surface area contributed by atoms with Crippen molar-refractivity contribution in [3.8, 4) is 0 Å². The zero-order valence-corrected chi connectivity index (χ0v) is 14.0. The average Bonchev–Trinajstić information content (AvgIpc) is 2.56. The Hall–Kier alpha value is -1.64. The second-order valence-electron chi connectivity index (χ2n) is 5.72. The number of amides is 2. The molecule has 0 aromatic heterocycles. The molecule has 2 aliphatic heterocycles. The maximum Gasteiger partial charge on any atom is 0.348 e. The number of aryl methyl sites for hydroxylation is 1. The first kappa shape index (κ1) is 16.2. The lowest BCUT2D eigenvalue weighted by molar-refractivity contribution is -0.0727. The van der Waals surface area contributed by atoms with Gasteiger partial charge in [-0.05, 0) is 25.5 Å². The number of morpholine rings is 1. The summed E-state index contributed by atoms with van der Waals surface area (Å²) in [4.78, 5) is 12.9. The van der Waals surface area contributed by atoms with Crippen molar-refractivity contribution in [2.24, 2.45) is 0 Å². The highest BCUT2D eigenvalue weighted by molar-refractivity contribution is 7.89. The van der Waals surface area contributed by atoms with Gasteiger partial charge in [0.25, 0.3) is 10.0 Å². The molecule has 7 nitrogen and oxygen atoms in total. The number of urea groups is 1. The van der Waals surface area contributed by atoms with Crippen molar-refractivity contribution in [1.29, 1.82) is 0 Å². The Bertz CT molecular complexity index is 668. The molecular weight excluding hydrogens is 318 g/mol. The van der Waals surface area contributed by atoms with E-state index >= 15 is 0 Å². The molecule has 1 aromatic carbocycles. The van der Waals surface area contributed by atoms with Gasteiger partial charge < -0.3 is 4.74 Å². The summed E-state index contributed by atoms with van der Waals surface area (Å²) in [7, 11) is -3.82. The van der Waals surface area contributed by atoms with E-state index in [0.29, 0.717) is 39.3 Å². The number of carbonyl (C=O) groups is 1. The van der Waals surface area contributed by atoms with Crippen LogP contribution in [0.15, 0.2) is 29.2 Å². The van der Waals surface area contributed by atoms with E-state index in [9.17, 15) is 13.2 Å². The molecule has 2 heterocycles. The van der Waals surface area contributed by atoms with Gasteiger partial charge in [0.2, 0.25) is 0 Å². The van der Waals surface area contributed by atoms with Crippen molar-refractivity contribution in [2.45, 2.75) is 18.2 Å². The van der Waals surface area contributed by atoms with E-state index in [1.807, 2.05) is 11.9 Å². The van der Waals surface area contributed by atoms with Crippen LogP contribution in [0.25, 0.3) is 0 Å². The number of hydrogen-bond donors (Lipinski definition) is 0. The monoisotopic (exact) mass is 339 g/mol. The van der Waals surface area contributed by atoms with E-state index in [-0.39, 0.29) is 11.4 Å². The number of carbonyl (C=O) groups excluding carboxylic acids is 1. The Balaban J connectivity index is 1.83. The van der Waals surface area contributed by atoms with Gasteiger partial charge in [0.1, 0.15) is 0 Å². The molecule has 0 spiro atoms. The molecule has 0 bridgehead atoms. The van der Waals surface area contributed by atoms with Crippen molar-refractivity contribution in [1.82, 2.24) is 14.3 Å². The normalized spacial score (nSPS) is 20.8. The quantitative estimate of drug-likeness (QED) is 0.823. The van der Waals surface area contributed by atoms with E-state index in [2.05, 4.69) is 0 Å². The summed E-state index contributed by atoms with van der Waals surface area (Å²) in [5.74, 6) is 0. The molecule has 23 heavy (non-hydrogen) atoms. The van der Waals surface area contributed by atoms with Crippen molar-refractivity contribution >= 4 is 16.1 Å². The molecule has 0 aliphatic carbocycles. The summed E-state index contributed by atoms with van der Waals surface area (Å²) in [6, 6.07) is 6.10. The average molecular weight is 339 g/mol. The second kappa shape index (κ2) is 6.46. The van der Waals surface area contributed by atoms with E-state index in [1.54, 1.807) is 24.3 Å². The third kappa shape index (κ3) is 3.19. The first-order chi connectivity index (χ1) is 11.0. The second-order valence-corrected chi connectivity index (χ2v) is 7.58. The van der Waals surface area contributed by atoms with Crippen molar-refractivity contribution in [2.75, 3.05) is 39.4 Å². The molecule has 8 heteroatoms. The molecule has 2 aliphatic rings.